The monoisotopic (exact) mass is 214 g/mol. The van der Waals surface area contributed by atoms with Gasteiger partial charge in [0.2, 0.25) is 5.91 Å². The molecule has 0 aliphatic carbocycles. The zero-order valence-corrected chi connectivity index (χ0v) is 8.79. The van der Waals surface area contributed by atoms with E-state index < -0.39 is 5.97 Å². The lowest BCUT2D eigenvalue weighted by Crippen LogP contribution is -2.32. The maximum atomic E-state index is 11.5. The SMILES string of the molecule is O=C(O)CCCCNC(=O)C1CCNC1. The van der Waals surface area contributed by atoms with Gasteiger partial charge < -0.3 is 15.7 Å². The third-order valence-electron chi connectivity index (χ3n) is 2.55. The Balaban J connectivity index is 1.99. The Labute approximate surface area is 89.2 Å². The smallest absolute Gasteiger partial charge is 0.303 e. The number of aliphatic carboxylic acids is 1. The highest BCUT2D eigenvalue weighted by atomic mass is 16.4. The van der Waals surface area contributed by atoms with E-state index in [1.165, 1.54) is 0 Å². The van der Waals surface area contributed by atoms with Crippen LogP contribution in [-0.4, -0.2) is 36.6 Å². The van der Waals surface area contributed by atoms with Crippen molar-refractivity contribution >= 4 is 11.9 Å². The molecule has 1 unspecified atom stereocenters. The van der Waals surface area contributed by atoms with Gasteiger partial charge in [0.1, 0.15) is 0 Å². The van der Waals surface area contributed by atoms with Crippen LogP contribution in [0.4, 0.5) is 0 Å². The Kier molecular flexibility index (Phi) is 5.10. The van der Waals surface area contributed by atoms with E-state index in [1.807, 2.05) is 0 Å². The molecule has 0 aromatic rings. The summed E-state index contributed by atoms with van der Waals surface area (Å²) in [5, 5.41) is 14.4. The highest BCUT2D eigenvalue weighted by Gasteiger charge is 2.21. The van der Waals surface area contributed by atoms with E-state index in [1.54, 1.807) is 0 Å². The lowest BCUT2D eigenvalue weighted by molar-refractivity contribution is -0.137. The minimum atomic E-state index is -0.777. The van der Waals surface area contributed by atoms with Crippen molar-refractivity contribution in [1.82, 2.24) is 10.6 Å². The molecule has 86 valence electrons. The molecule has 5 heteroatoms. The normalized spacial score (nSPS) is 20.1. The second-order valence-corrected chi connectivity index (χ2v) is 3.83. The van der Waals surface area contributed by atoms with Crippen LogP contribution in [0.2, 0.25) is 0 Å². The Morgan fingerprint density at radius 1 is 1.40 bits per heavy atom. The van der Waals surface area contributed by atoms with Crippen LogP contribution in [0.3, 0.4) is 0 Å². The maximum Gasteiger partial charge on any atom is 0.303 e. The van der Waals surface area contributed by atoms with Crippen molar-refractivity contribution in [2.75, 3.05) is 19.6 Å². The van der Waals surface area contributed by atoms with Gasteiger partial charge in [-0.2, -0.15) is 0 Å². The molecule has 0 radical (unpaired) electrons. The van der Waals surface area contributed by atoms with E-state index in [0.29, 0.717) is 13.0 Å². The number of hydrogen-bond donors (Lipinski definition) is 3. The van der Waals surface area contributed by atoms with E-state index in [0.717, 1.165) is 25.9 Å². The summed E-state index contributed by atoms with van der Waals surface area (Å²) in [7, 11) is 0. The first kappa shape index (κ1) is 12.0. The van der Waals surface area contributed by atoms with Crippen LogP contribution in [-0.2, 0) is 9.59 Å². The van der Waals surface area contributed by atoms with E-state index >= 15 is 0 Å². The Morgan fingerprint density at radius 2 is 2.20 bits per heavy atom. The fraction of sp³-hybridized carbons (Fsp3) is 0.800. The van der Waals surface area contributed by atoms with Crippen molar-refractivity contribution < 1.29 is 14.7 Å². The highest BCUT2D eigenvalue weighted by molar-refractivity contribution is 5.79. The van der Waals surface area contributed by atoms with Crippen LogP contribution in [0.25, 0.3) is 0 Å². The number of amides is 1. The third-order valence-corrected chi connectivity index (χ3v) is 2.55. The lowest BCUT2D eigenvalue weighted by atomic mass is 10.1. The number of carbonyl (C=O) groups is 2. The van der Waals surface area contributed by atoms with Gasteiger partial charge in [0.25, 0.3) is 0 Å². The van der Waals surface area contributed by atoms with Crippen LogP contribution in [0.15, 0.2) is 0 Å². The predicted molar refractivity (Wildman–Crippen MR) is 55.5 cm³/mol. The Bertz CT molecular complexity index is 225. The molecule has 5 nitrogen and oxygen atoms in total. The molecule has 1 fully saturated rings. The molecule has 1 aliphatic heterocycles. The molecule has 0 spiro atoms. The zero-order chi connectivity index (χ0) is 11.1. The first-order chi connectivity index (χ1) is 7.20. The van der Waals surface area contributed by atoms with Gasteiger partial charge in [0.05, 0.1) is 5.92 Å². The summed E-state index contributed by atoms with van der Waals surface area (Å²) >= 11 is 0. The molecule has 1 atom stereocenters. The lowest BCUT2D eigenvalue weighted by Gasteiger charge is -2.08. The summed E-state index contributed by atoms with van der Waals surface area (Å²) in [6.07, 6.45) is 2.44. The van der Waals surface area contributed by atoms with Crippen molar-refractivity contribution in [3.63, 3.8) is 0 Å². The van der Waals surface area contributed by atoms with Crippen LogP contribution in [0.1, 0.15) is 25.7 Å². The van der Waals surface area contributed by atoms with Gasteiger partial charge >= 0.3 is 5.97 Å². The first-order valence-corrected chi connectivity index (χ1v) is 5.40. The molecule has 15 heavy (non-hydrogen) atoms. The molecule has 0 bridgehead atoms. The predicted octanol–water partition coefficient (Wildman–Crippen LogP) is -0.0330. The van der Waals surface area contributed by atoms with Crippen molar-refractivity contribution in [3.8, 4) is 0 Å². The summed E-state index contributed by atoms with van der Waals surface area (Å²) in [5.41, 5.74) is 0. The Morgan fingerprint density at radius 3 is 2.80 bits per heavy atom. The average Bonchev–Trinajstić information content (AvgIpc) is 2.69. The molecule has 3 N–H and O–H groups in total. The molecule has 0 aromatic heterocycles. The minimum absolute atomic E-state index is 0.0929. The summed E-state index contributed by atoms with van der Waals surface area (Å²) in [6, 6.07) is 0. The Hall–Kier alpha value is -1.10. The number of nitrogens with one attached hydrogen (secondary N) is 2. The molecule has 0 saturated carbocycles. The van der Waals surface area contributed by atoms with Crippen molar-refractivity contribution in [3.05, 3.63) is 0 Å². The molecular weight excluding hydrogens is 196 g/mol. The van der Waals surface area contributed by atoms with Crippen molar-refractivity contribution in [2.24, 2.45) is 5.92 Å². The average molecular weight is 214 g/mol. The second-order valence-electron chi connectivity index (χ2n) is 3.83. The standard InChI is InChI=1S/C10H18N2O3/c13-9(14)3-1-2-5-12-10(15)8-4-6-11-7-8/h8,11H,1-7H2,(H,12,15)(H,13,14). The van der Waals surface area contributed by atoms with E-state index in [2.05, 4.69) is 10.6 Å². The minimum Gasteiger partial charge on any atom is -0.481 e. The molecule has 1 saturated heterocycles. The van der Waals surface area contributed by atoms with Crippen LogP contribution in [0.5, 0.6) is 0 Å². The number of unbranched alkanes of at least 4 members (excludes halogenated alkanes) is 1. The van der Waals surface area contributed by atoms with Gasteiger partial charge in [-0.3, -0.25) is 9.59 Å². The summed E-state index contributed by atoms with van der Waals surface area (Å²) < 4.78 is 0. The zero-order valence-electron chi connectivity index (χ0n) is 8.79. The third kappa shape index (κ3) is 4.78. The van der Waals surface area contributed by atoms with Crippen molar-refractivity contribution in [2.45, 2.75) is 25.7 Å². The van der Waals surface area contributed by atoms with Crippen LogP contribution >= 0.6 is 0 Å². The highest BCUT2D eigenvalue weighted by Crippen LogP contribution is 2.06. The fourth-order valence-corrected chi connectivity index (χ4v) is 1.64. The second kappa shape index (κ2) is 6.40. The van der Waals surface area contributed by atoms with E-state index in [4.69, 9.17) is 5.11 Å². The number of carboxylic acids is 1. The molecule has 1 aliphatic rings. The maximum absolute atomic E-state index is 11.5. The molecule has 1 amide bonds. The van der Waals surface area contributed by atoms with Crippen molar-refractivity contribution in [1.29, 1.82) is 0 Å². The van der Waals surface area contributed by atoms with E-state index in [-0.39, 0.29) is 18.2 Å². The van der Waals surface area contributed by atoms with Gasteiger partial charge in [-0.05, 0) is 25.8 Å². The summed E-state index contributed by atoms with van der Waals surface area (Å²) in [4.78, 5) is 21.7. The first-order valence-electron chi connectivity index (χ1n) is 5.40. The summed E-state index contributed by atoms with van der Waals surface area (Å²) in [5.74, 6) is -0.582. The number of rotatable bonds is 6. The van der Waals surface area contributed by atoms with E-state index in [9.17, 15) is 9.59 Å². The topological polar surface area (TPSA) is 78.4 Å². The van der Waals surface area contributed by atoms with Gasteiger partial charge in [0.15, 0.2) is 0 Å². The number of hydrogen-bond acceptors (Lipinski definition) is 3. The molecule has 1 heterocycles. The van der Waals surface area contributed by atoms with Gasteiger partial charge in [-0.15, -0.1) is 0 Å². The van der Waals surface area contributed by atoms with Crippen LogP contribution < -0.4 is 10.6 Å². The van der Waals surface area contributed by atoms with Gasteiger partial charge in [-0.25, -0.2) is 0 Å². The van der Waals surface area contributed by atoms with Crippen LogP contribution in [0, 0.1) is 5.92 Å². The summed E-state index contributed by atoms with van der Waals surface area (Å²) in [6.45, 7) is 2.26. The molecule has 0 aromatic carbocycles. The fourth-order valence-electron chi connectivity index (χ4n) is 1.64. The molecular formula is C10H18N2O3. The van der Waals surface area contributed by atoms with Gasteiger partial charge in [0, 0.05) is 19.5 Å². The van der Waals surface area contributed by atoms with Gasteiger partial charge in [-0.1, -0.05) is 0 Å². The quantitative estimate of drug-likeness (QED) is 0.542. The largest absolute Gasteiger partial charge is 0.481 e. The number of carboxylic acid groups (broad SMARTS) is 1. The number of carbonyl (C=O) groups excluding carboxylic acids is 1. The molecule has 1 rings (SSSR count).